The van der Waals surface area contributed by atoms with E-state index < -0.39 is 5.76 Å². The number of anilines is 2. The first kappa shape index (κ1) is 15.3. The molecule has 0 heterocycles. The van der Waals surface area contributed by atoms with Gasteiger partial charge < -0.3 is 10.6 Å². The highest BCUT2D eigenvalue weighted by Gasteiger charge is 2.10. The van der Waals surface area contributed by atoms with Crippen molar-refractivity contribution in [2.45, 2.75) is 10.7 Å². The van der Waals surface area contributed by atoms with Crippen molar-refractivity contribution in [3.8, 4) is 0 Å². The fourth-order valence-electron chi connectivity index (χ4n) is 1.82. The van der Waals surface area contributed by atoms with Gasteiger partial charge in [0.15, 0.2) is 0 Å². The van der Waals surface area contributed by atoms with Crippen LogP contribution in [0, 0.1) is 0 Å². The van der Waals surface area contributed by atoms with Gasteiger partial charge in [-0.15, -0.1) is 0 Å². The molecule has 0 aromatic heterocycles. The van der Waals surface area contributed by atoms with E-state index in [1.165, 1.54) is 0 Å². The molecule has 0 aliphatic carbocycles. The van der Waals surface area contributed by atoms with E-state index in [4.69, 9.17) is 0 Å². The number of nitrogens with one attached hydrogen (secondary N) is 2. The quantitative estimate of drug-likeness (QED) is 0.809. The second-order valence-corrected chi connectivity index (χ2v) is 5.22. The van der Waals surface area contributed by atoms with Crippen LogP contribution in [0.1, 0.15) is 10.4 Å². The van der Waals surface area contributed by atoms with E-state index in [-0.39, 0.29) is 5.91 Å². The zero-order valence-electron chi connectivity index (χ0n) is 11.3. The van der Waals surface area contributed by atoms with Gasteiger partial charge in [-0.2, -0.15) is 8.78 Å². The molecule has 2 rings (SSSR count). The molecule has 0 bridgehead atoms. The van der Waals surface area contributed by atoms with Gasteiger partial charge in [0.05, 0.1) is 5.56 Å². The fourth-order valence-corrected chi connectivity index (χ4v) is 2.32. The zero-order valence-corrected chi connectivity index (χ0v) is 12.1. The van der Waals surface area contributed by atoms with Crippen molar-refractivity contribution >= 4 is 29.0 Å². The second kappa shape index (κ2) is 7.08. The van der Waals surface area contributed by atoms with Crippen LogP contribution in [0.25, 0.3) is 0 Å². The molecule has 6 heteroatoms. The van der Waals surface area contributed by atoms with Crippen molar-refractivity contribution in [1.82, 2.24) is 0 Å². The van der Waals surface area contributed by atoms with Crippen molar-refractivity contribution in [2.75, 3.05) is 17.7 Å². The van der Waals surface area contributed by atoms with E-state index in [2.05, 4.69) is 10.6 Å². The molecule has 1 amide bonds. The number of carbonyl (C=O) groups is 1. The molecule has 0 unspecified atom stereocenters. The Morgan fingerprint density at radius 2 is 1.76 bits per heavy atom. The van der Waals surface area contributed by atoms with Crippen LogP contribution in [0.3, 0.4) is 0 Å². The van der Waals surface area contributed by atoms with E-state index in [0.717, 1.165) is 5.69 Å². The molecule has 0 atom stereocenters. The highest BCUT2D eigenvalue weighted by Crippen LogP contribution is 2.26. The Balaban J connectivity index is 2.09. The summed E-state index contributed by atoms with van der Waals surface area (Å²) in [5.41, 5.74) is 1.80. The van der Waals surface area contributed by atoms with Crippen LogP contribution in [0.15, 0.2) is 53.4 Å². The summed E-state index contributed by atoms with van der Waals surface area (Å²) >= 11 is 0.472. The van der Waals surface area contributed by atoms with E-state index in [1.807, 2.05) is 6.07 Å². The Morgan fingerprint density at radius 3 is 2.38 bits per heavy atom. The molecular weight excluding hydrogens is 294 g/mol. The number of benzene rings is 2. The standard InChI is InChI=1S/C15H14F2N2OS/c1-18-13-5-3-2-4-12(13)14(20)19-10-6-8-11(9-7-10)21-15(16)17/h2-9,15,18H,1H3,(H,19,20). The predicted molar refractivity (Wildman–Crippen MR) is 82.2 cm³/mol. The van der Waals surface area contributed by atoms with Crippen LogP contribution in [-0.2, 0) is 0 Å². The lowest BCUT2D eigenvalue weighted by molar-refractivity contribution is 0.102. The van der Waals surface area contributed by atoms with Crippen LogP contribution in [0.4, 0.5) is 20.2 Å². The number of alkyl halides is 2. The molecular formula is C15H14F2N2OS. The average molecular weight is 308 g/mol. The number of carbonyl (C=O) groups excluding carboxylic acids is 1. The lowest BCUT2D eigenvalue weighted by Gasteiger charge is -2.10. The molecule has 3 nitrogen and oxygen atoms in total. The molecule has 0 aliphatic rings. The smallest absolute Gasteiger partial charge is 0.288 e. The third kappa shape index (κ3) is 4.19. The monoisotopic (exact) mass is 308 g/mol. The minimum Gasteiger partial charge on any atom is -0.387 e. The molecule has 21 heavy (non-hydrogen) atoms. The Morgan fingerprint density at radius 1 is 1.10 bits per heavy atom. The summed E-state index contributed by atoms with van der Waals surface area (Å²) in [6.07, 6.45) is 0. The second-order valence-electron chi connectivity index (χ2n) is 4.15. The number of amides is 1. The van der Waals surface area contributed by atoms with Crippen molar-refractivity contribution in [3.05, 3.63) is 54.1 Å². The first-order valence-electron chi connectivity index (χ1n) is 6.23. The fraction of sp³-hybridized carbons (Fsp3) is 0.133. The third-order valence-corrected chi connectivity index (χ3v) is 3.50. The number of halogens is 2. The first-order valence-corrected chi connectivity index (χ1v) is 7.11. The average Bonchev–Trinajstić information content (AvgIpc) is 2.48. The Kier molecular flexibility index (Phi) is 5.16. The van der Waals surface area contributed by atoms with Gasteiger partial charge in [-0.25, -0.2) is 0 Å². The van der Waals surface area contributed by atoms with Crippen molar-refractivity contribution in [2.24, 2.45) is 0 Å². The molecule has 0 spiro atoms. The van der Waals surface area contributed by atoms with Crippen LogP contribution >= 0.6 is 11.8 Å². The summed E-state index contributed by atoms with van der Waals surface area (Å²) in [6, 6.07) is 13.4. The summed E-state index contributed by atoms with van der Waals surface area (Å²) < 4.78 is 24.4. The van der Waals surface area contributed by atoms with Crippen LogP contribution < -0.4 is 10.6 Å². The molecule has 2 N–H and O–H groups in total. The summed E-state index contributed by atoms with van der Waals surface area (Å²) in [6.45, 7) is 0. The summed E-state index contributed by atoms with van der Waals surface area (Å²) in [5.74, 6) is -2.71. The van der Waals surface area contributed by atoms with Gasteiger partial charge in [-0.05, 0) is 36.4 Å². The summed E-state index contributed by atoms with van der Waals surface area (Å²) in [5, 5.41) is 5.68. The van der Waals surface area contributed by atoms with Gasteiger partial charge in [-0.1, -0.05) is 23.9 Å². The van der Waals surface area contributed by atoms with E-state index in [0.29, 0.717) is 27.9 Å². The van der Waals surface area contributed by atoms with E-state index in [9.17, 15) is 13.6 Å². The Labute approximate surface area is 125 Å². The lowest BCUT2D eigenvalue weighted by Crippen LogP contribution is -2.13. The summed E-state index contributed by atoms with van der Waals surface area (Å²) in [4.78, 5) is 12.6. The van der Waals surface area contributed by atoms with E-state index >= 15 is 0 Å². The van der Waals surface area contributed by atoms with Gasteiger partial charge in [-0.3, -0.25) is 4.79 Å². The molecule has 0 aliphatic heterocycles. The maximum Gasteiger partial charge on any atom is 0.288 e. The molecule has 0 saturated heterocycles. The molecule has 2 aromatic carbocycles. The SMILES string of the molecule is CNc1ccccc1C(=O)Nc1ccc(SC(F)F)cc1. The van der Waals surface area contributed by atoms with Gasteiger partial charge >= 0.3 is 0 Å². The number of hydrogen-bond donors (Lipinski definition) is 2. The Bertz CT molecular complexity index is 617. The van der Waals surface area contributed by atoms with Crippen LogP contribution in [0.5, 0.6) is 0 Å². The van der Waals surface area contributed by atoms with Crippen molar-refractivity contribution < 1.29 is 13.6 Å². The van der Waals surface area contributed by atoms with Gasteiger partial charge in [0, 0.05) is 23.3 Å². The van der Waals surface area contributed by atoms with E-state index in [1.54, 1.807) is 49.5 Å². The third-order valence-electron chi connectivity index (χ3n) is 2.78. The maximum absolute atomic E-state index is 12.2. The first-order chi connectivity index (χ1) is 10.1. The number of rotatable bonds is 5. The minimum atomic E-state index is -2.45. The van der Waals surface area contributed by atoms with Gasteiger partial charge in [0.2, 0.25) is 0 Å². The highest BCUT2D eigenvalue weighted by molar-refractivity contribution is 7.99. The highest BCUT2D eigenvalue weighted by atomic mass is 32.2. The normalized spacial score (nSPS) is 10.5. The molecule has 2 aromatic rings. The Hall–Kier alpha value is -2.08. The molecule has 0 saturated carbocycles. The summed E-state index contributed by atoms with van der Waals surface area (Å²) in [7, 11) is 1.74. The zero-order chi connectivity index (χ0) is 15.2. The maximum atomic E-state index is 12.2. The number of para-hydroxylation sites is 1. The van der Waals surface area contributed by atoms with Crippen molar-refractivity contribution in [3.63, 3.8) is 0 Å². The minimum absolute atomic E-state index is 0.255. The topological polar surface area (TPSA) is 41.1 Å². The number of thioether (sulfide) groups is 1. The van der Waals surface area contributed by atoms with Gasteiger partial charge in [0.1, 0.15) is 0 Å². The molecule has 0 fully saturated rings. The number of hydrogen-bond acceptors (Lipinski definition) is 3. The van der Waals surface area contributed by atoms with Crippen LogP contribution in [-0.4, -0.2) is 18.7 Å². The van der Waals surface area contributed by atoms with Crippen molar-refractivity contribution in [1.29, 1.82) is 0 Å². The lowest BCUT2D eigenvalue weighted by atomic mass is 10.1. The predicted octanol–water partition coefficient (Wildman–Crippen LogP) is 4.30. The molecule has 0 radical (unpaired) electrons. The molecule has 110 valence electrons. The largest absolute Gasteiger partial charge is 0.387 e. The van der Waals surface area contributed by atoms with Crippen LogP contribution in [0.2, 0.25) is 0 Å². The van der Waals surface area contributed by atoms with Gasteiger partial charge in [0.25, 0.3) is 11.7 Å².